The molecule has 1 aromatic carbocycles. The number of benzene rings is 1. The van der Waals surface area contributed by atoms with Crippen molar-refractivity contribution in [3.63, 3.8) is 0 Å². The lowest BCUT2D eigenvalue weighted by Gasteiger charge is -2.13. The van der Waals surface area contributed by atoms with Crippen LogP contribution in [0.4, 0.5) is 0 Å². The van der Waals surface area contributed by atoms with Crippen molar-refractivity contribution < 1.29 is 19.4 Å². The molecule has 0 aromatic heterocycles. The van der Waals surface area contributed by atoms with Crippen molar-refractivity contribution in [2.45, 2.75) is 33.2 Å². The summed E-state index contributed by atoms with van der Waals surface area (Å²) in [6.45, 7) is 5.38. The Morgan fingerprint density at radius 2 is 2.05 bits per heavy atom. The van der Waals surface area contributed by atoms with Crippen LogP contribution >= 0.6 is 0 Å². The van der Waals surface area contributed by atoms with Gasteiger partial charge in [-0.1, -0.05) is 24.6 Å². The Hall–Kier alpha value is -2.04. The van der Waals surface area contributed by atoms with E-state index in [-0.39, 0.29) is 6.61 Å². The fourth-order valence-corrected chi connectivity index (χ4v) is 1.68. The van der Waals surface area contributed by atoms with Gasteiger partial charge in [-0.15, -0.1) is 0 Å². The zero-order chi connectivity index (χ0) is 14.4. The lowest BCUT2D eigenvalue weighted by Crippen LogP contribution is -2.42. The Morgan fingerprint density at radius 3 is 2.58 bits per heavy atom. The van der Waals surface area contributed by atoms with Gasteiger partial charge < -0.3 is 15.2 Å². The highest BCUT2D eigenvalue weighted by atomic mass is 16.5. The second kappa shape index (κ2) is 6.78. The first kappa shape index (κ1) is 15.0. The molecule has 5 heteroatoms. The maximum Gasteiger partial charge on any atom is 0.326 e. The summed E-state index contributed by atoms with van der Waals surface area (Å²) < 4.78 is 5.37. The van der Waals surface area contributed by atoms with E-state index >= 15 is 0 Å². The van der Waals surface area contributed by atoms with Crippen LogP contribution in [0.3, 0.4) is 0 Å². The van der Waals surface area contributed by atoms with Gasteiger partial charge in [-0.25, -0.2) is 4.79 Å². The van der Waals surface area contributed by atoms with Crippen LogP contribution in [0.2, 0.25) is 0 Å². The fraction of sp³-hybridized carbons (Fsp3) is 0.429. The molecule has 0 heterocycles. The molecule has 0 aliphatic carbocycles. The molecule has 104 valence electrons. The van der Waals surface area contributed by atoms with Crippen LogP contribution in [0, 0.1) is 13.8 Å². The molecule has 19 heavy (non-hydrogen) atoms. The van der Waals surface area contributed by atoms with Gasteiger partial charge >= 0.3 is 5.97 Å². The third kappa shape index (κ3) is 4.62. The van der Waals surface area contributed by atoms with Crippen molar-refractivity contribution in [1.82, 2.24) is 5.32 Å². The molecular formula is C14H19NO4. The summed E-state index contributed by atoms with van der Waals surface area (Å²) in [7, 11) is 0. The maximum absolute atomic E-state index is 11.6. The molecule has 0 fully saturated rings. The number of carboxylic acid groups (broad SMARTS) is 1. The number of rotatable bonds is 6. The summed E-state index contributed by atoms with van der Waals surface area (Å²) >= 11 is 0. The number of carboxylic acids is 1. The molecule has 0 saturated carbocycles. The molecule has 5 nitrogen and oxygen atoms in total. The second-order valence-electron chi connectivity index (χ2n) is 4.42. The molecular weight excluding hydrogens is 246 g/mol. The van der Waals surface area contributed by atoms with Crippen LogP contribution in [-0.4, -0.2) is 29.6 Å². The Bertz CT molecular complexity index is 471. The first-order chi connectivity index (χ1) is 8.93. The van der Waals surface area contributed by atoms with Gasteiger partial charge in [0, 0.05) is 0 Å². The van der Waals surface area contributed by atoms with Gasteiger partial charge in [0.2, 0.25) is 0 Å². The first-order valence-electron chi connectivity index (χ1n) is 6.16. The quantitative estimate of drug-likeness (QED) is 0.820. The number of amides is 1. The van der Waals surface area contributed by atoms with Crippen LogP contribution in [0.5, 0.6) is 5.75 Å². The first-order valence-corrected chi connectivity index (χ1v) is 6.16. The van der Waals surface area contributed by atoms with E-state index in [9.17, 15) is 9.59 Å². The predicted molar refractivity (Wildman–Crippen MR) is 71.3 cm³/mol. The molecule has 2 N–H and O–H groups in total. The second-order valence-corrected chi connectivity index (χ2v) is 4.42. The van der Waals surface area contributed by atoms with Crippen molar-refractivity contribution in [2.24, 2.45) is 0 Å². The summed E-state index contributed by atoms with van der Waals surface area (Å²) in [5, 5.41) is 11.2. The van der Waals surface area contributed by atoms with Gasteiger partial charge in [0.05, 0.1) is 0 Å². The minimum Gasteiger partial charge on any atom is -0.484 e. The smallest absolute Gasteiger partial charge is 0.326 e. The molecule has 0 bridgehead atoms. The number of hydrogen-bond acceptors (Lipinski definition) is 3. The number of carbonyl (C=O) groups is 2. The molecule has 1 atom stereocenters. The topological polar surface area (TPSA) is 75.6 Å². The minimum atomic E-state index is -1.04. The average molecular weight is 265 g/mol. The Morgan fingerprint density at radius 1 is 1.37 bits per heavy atom. The van der Waals surface area contributed by atoms with Crippen molar-refractivity contribution in [3.05, 3.63) is 29.3 Å². The van der Waals surface area contributed by atoms with E-state index in [0.717, 1.165) is 11.1 Å². The SMILES string of the molecule is CCC(NC(=O)COc1ccc(C)cc1C)C(=O)O. The standard InChI is InChI=1S/C14H19NO4/c1-4-11(14(17)18)15-13(16)8-19-12-6-5-9(2)7-10(12)3/h5-7,11H,4,8H2,1-3H3,(H,15,16)(H,17,18). The highest BCUT2D eigenvalue weighted by Gasteiger charge is 2.17. The van der Waals surface area contributed by atoms with E-state index < -0.39 is 17.9 Å². The van der Waals surface area contributed by atoms with E-state index in [4.69, 9.17) is 9.84 Å². The zero-order valence-electron chi connectivity index (χ0n) is 11.4. The Labute approximate surface area is 112 Å². The maximum atomic E-state index is 11.6. The van der Waals surface area contributed by atoms with Crippen LogP contribution in [0.25, 0.3) is 0 Å². The van der Waals surface area contributed by atoms with Gasteiger partial charge in [0.25, 0.3) is 5.91 Å². The summed E-state index contributed by atoms with van der Waals surface area (Å²) in [6, 6.07) is 4.79. The van der Waals surface area contributed by atoms with Crippen LogP contribution in [0.15, 0.2) is 18.2 Å². The van der Waals surface area contributed by atoms with Gasteiger partial charge in [0.1, 0.15) is 11.8 Å². The Balaban J connectivity index is 2.52. The van der Waals surface area contributed by atoms with Crippen molar-refractivity contribution in [2.75, 3.05) is 6.61 Å². The van der Waals surface area contributed by atoms with E-state index in [1.807, 2.05) is 26.0 Å². The average Bonchev–Trinajstić information content (AvgIpc) is 2.34. The van der Waals surface area contributed by atoms with E-state index in [2.05, 4.69) is 5.32 Å². The largest absolute Gasteiger partial charge is 0.484 e. The number of ether oxygens (including phenoxy) is 1. The zero-order valence-corrected chi connectivity index (χ0v) is 11.4. The predicted octanol–water partition coefficient (Wildman–Crippen LogP) is 1.66. The molecule has 0 spiro atoms. The third-order valence-corrected chi connectivity index (χ3v) is 2.73. The van der Waals surface area contributed by atoms with Crippen molar-refractivity contribution in [1.29, 1.82) is 0 Å². The van der Waals surface area contributed by atoms with Gasteiger partial charge in [-0.05, 0) is 31.9 Å². The molecule has 0 radical (unpaired) electrons. The number of aliphatic carboxylic acids is 1. The number of carbonyl (C=O) groups excluding carboxylic acids is 1. The van der Waals surface area contributed by atoms with E-state index in [0.29, 0.717) is 12.2 Å². The summed E-state index contributed by atoms with van der Waals surface area (Å²) in [5.74, 6) is -0.847. The highest BCUT2D eigenvalue weighted by Crippen LogP contribution is 2.18. The van der Waals surface area contributed by atoms with Crippen molar-refractivity contribution in [3.8, 4) is 5.75 Å². The van der Waals surface area contributed by atoms with E-state index in [1.54, 1.807) is 13.0 Å². The highest BCUT2D eigenvalue weighted by molar-refractivity contribution is 5.84. The number of nitrogens with one attached hydrogen (secondary N) is 1. The van der Waals surface area contributed by atoms with Gasteiger partial charge in [-0.3, -0.25) is 4.79 Å². The minimum absolute atomic E-state index is 0.187. The number of hydrogen-bond donors (Lipinski definition) is 2. The normalized spacial score (nSPS) is 11.7. The molecule has 0 aliphatic rings. The lowest BCUT2D eigenvalue weighted by atomic mass is 10.1. The molecule has 1 amide bonds. The molecule has 0 aliphatic heterocycles. The van der Waals surface area contributed by atoms with Crippen LogP contribution < -0.4 is 10.1 Å². The third-order valence-electron chi connectivity index (χ3n) is 2.73. The summed E-state index contributed by atoms with van der Waals surface area (Å²) in [5.41, 5.74) is 2.06. The fourth-order valence-electron chi connectivity index (χ4n) is 1.68. The van der Waals surface area contributed by atoms with Crippen molar-refractivity contribution >= 4 is 11.9 Å². The van der Waals surface area contributed by atoms with E-state index in [1.165, 1.54) is 0 Å². The van der Waals surface area contributed by atoms with Crippen LogP contribution in [-0.2, 0) is 9.59 Å². The van der Waals surface area contributed by atoms with Gasteiger partial charge in [-0.2, -0.15) is 0 Å². The summed E-state index contributed by atoms with van der Waals surface area (Å²) in [6.07, 6.45) is 0.338. The molecule has 1 unspecified atom stereocenters. The monoisotopic (exact) mass is 265 g/mol. The summed E-state index contributed by atoms with van der Waals surface area (Å²) in [4.78, 5) is 22.3. The van der Waals surface area contributed by atoms with Crippen LogP contribution in [0.1, 0.15) is 24.5 Å². The molecule has 1 aromatic rings. The molecule has 1 rings (SSSR count). The number of aryl methyl sites for hydroxylation is 2. The van der Waals surface area contributed by atoms with Gasteiger partial charge in [0.15, 0.2) is 6.61 Å². The lowest BCUT2D eigenvalue weighted by molar-refractivity contribution is -0.142. The Kier molecular flexibility index (Phi) is 5.36. The molecule has 0 saturated heterocycles.